The van der Waals surface area contributed by atoms with Crippen LogP contribution in [0.25, 0.3) is 11.6 Å². The number of para-hydroxylation sites is 1. The summed E-state index contributed by atoms with van der Waals surface area (Å²) in [6, 6.07) is 10.8. The van der Waals surface area contributed by atoms with Crippen LogP contribution in [0.2, 0.25) is 0 Å². The fourth-order valence-corrected chi connectivity index (χ4v) is 3.45. The molecule has 0 saturated heterocycles. The van der Waals surface area contributed by atoms with E-state index in [2.05, 4.69) is 10.4 Å². The smallest absolute Gasteiger partial charge is 0.269 e. The first-order valence-corrected chi connectivity index (χ1v) is 8.48. The van der Waals surface area contributed by atoms with Gasteiger partial charge in [-0.3, -0.25) is 14.3 Å². The van der Waals surface area contributed by atoms with E-state index in [1.165, 1.54) is 4.57 Å². The fourth-order valence-electron chi connectivity index (χ4n) is 2.36. The summed E-state index contributed by atoms with van der Waals surface area (Å²) in [4.78, 5) is 24.9. The minimum Gasteiger partial charge on any atom is -0.321 e. The second-order valence-electron chi connectivity index (χ2n) is 5.53. The maximum absolute atomic E-state index is 12.5. The van der Waals surface area contributed by atoms with E-state index in [0.29, 0.717) is 14.9 Å². The molecular weight excluding hydrogens is 350 g/mol. The number of amides is 1. The number of nitrogens with one attached hydrogen (secondary N) is 1. The number of anilines is 1. The molecule has 0 unspecified atom stereocenters. The lowest BCUT2D eigenvalue weighted by molar-refractivity contribution is -0.111. The summed E-state index contributed by atoms with van der Waals surface area (Å²) in [5.74, 6) is -0.552. The molecule has 0 atom stereocenters. The molecule has 26 heavy (non-hydrogen) atoms. The van der Waals surface area contributed by atoms with Crippen molar-refractivity contribution in [2.45, 2.75) is 0 Å². The van der Waals surface area contributed by atoms with Crippen LogP contribution < -0.4 is 20.1 Å². The number of hydrogen-bond donors (Lipinski definition) is 1. The van der Waals surface area contributed by atoms with Crippen LogP contribution in [-0.2, 0) is 18.9 Å². The first kappa shape index (κ1) is 17.4. The monoisotopic (exact) mass is 365 g/mol. The highest BCUT2D eigenvalue weighted by Crippen LogP contribution is 2.07. The number of benzene rings is 1. The second-order valence-corrected chi connectivity index (χ2v) is 6.56. The normalized spacial score (nSPS) is 12.6. The van der Waals surface area contributed by atoms with Crippen LogP contribution in [0.5, 0.6) is 0 Å². The maximum Gasteiger partial charge on any atom is 0.269 e. The zero-order chi connectivity index (χ0) is 18.7. The molecule has 130 valence electrons. The van der Waals surface area contributed by atoms with E-state index in [0.717, 1.165) is 16.9 Å². The van der Waals surface area contributed by atoms with Crippen molar-refractivity contribution in [3.63, 3.8) is 0 Å². The van der Waals surface area contributed by atoms with Crippen molar-refractivity contribution in [3.8, 4) is 6.07 Å². The van der Waals surface area contributed by atoms with Crippen LogP contribution in [0.3, 0.4) is 0 Å². The largest absolute Gasteiger partial charge is 0.321 e. The zero-order valence-corrected chi connectivity index (χ0v) is 14.9. The molecule has 0 spiro atoms. The Morgan fingerprint density at radius 2 is 2.04 bits per heavy atom. The number of rotatable bonds is 3. The van der Waals surface area contributed by atoms with Crippen molar-refractivity contribution < 1.29 is 4.79 Å². The average Bonchev–Trinajstić information content (AvgIpc) is 3.15. The first-order chi connectivity index (χ1) is 12.5. The van der Waals surface area contributed by atoms with E-state index < -0.39 is 5.91 Å². The highest BCUT2D eigenvalue weighted by Gasteiger charge is 2.14. The van der Waals surface area contributed by atoms with Crippen LogP contribution in [0.1, 0.15) is 5.56 Å². The lowest BCUT2D eigenvalue weighted by Gasteiger charge is -2.03. The number of carbonyl (C=O) groups excluding carboxylic acids is 1. The van der Waals surface area contributed by atoms with E-state index in [1.54, 1.807) is 61.5 Å². The summed E-state index contributed by atoms with van der Waals surface area (Å²) < 4.78 is 3.68. The predicted molar refractivity (Wildman–Crippen MR) is 99.7 cm³/mol. The van der Waals surface area contributed by atoms with Gasteiger partial charge in [-0.15, -0.1) is 11.3 Å². The lowest BCUT2D eigenvalue weighted by atomic mass is 10.2. The third kappa shape index (κ3) is 3.48. The van der Waals surface area contributed by atoms with Crippen LogP contribution in [-0.4, -0.2) is 20.3 Å². The molecule has 7 nitrogen and oxygen atoms in total. The standard InChI is InChI=1S/C18H15N5O2S/c1-22-11-12(10-20-22)8-15-17(25)23(2)18(26-15)14(9-19)16(24)21-13-6-4-3-5-7-13/h3-8,10-11H,1-2H3,(H,21,24)/b15-8+,18-14+. The Morgan fingerprint density at radius 3 is 2.65 bits per heavy atom. The Kier molecular flexibility index (Phi) is 4.82. The molecule has 0 aliphatic heterocycles. The number of hydrogen-bond acceptors (Lipinski definition) is 5. The quantitative estimate of drug-likeness (QED) is 0.724. The summed E-state index contributed by atoms with van der Waals surface area (Å²) in [7, 11) is 3.33. The molecule has 0 aliphatic carbocycles. The van der Waals surface area contributed by atoms with Gasteiger partial charge < -0.3 is 9.88 Å². The Morgan fingerprint density at radius 1 is 1.31 bits per heavy atom. The van der Waals surface area contributed by atoms with Crippen molar-refractivity contribution in [2.24, 2.45) is 14.1 Å². The van der Waals surface area contributed by atoms with E-state index in [4.69, 9.17) is 0 Å². The van der Waals surface area contributed by atoms with Gasteiger partial charge in [-0.05, 0) is 18.2 Å². The maximum atomic E-state index is 12.5. The molecule has 0 aliphatic rings. The van der Waals surface area contributed by atoms with Crippen molar-refractivity contribution in [1.29, 1.82) is 5.26 Å². The highest BCUT2D eigenvalue weighted by molar-refractivity contribution is 7.07. The average molecular weight is 365 g/mol. The molecule has 0 saturated carbocycles. The van der Waals surface area contributed by atoms with Gasteiger partial charge in [-0.1, -0.05) is 18.2 Å². The Bertz CT molecular complexity index is 1180. The summed E-state index contributed by atoms with van der Waals surface area (Å²) in [5.41, 5.74) is 0.970. The lowest BCUT2D eigenvalue weighted by Crippen LogP contribution is -2.31. The van der Waals surface area contributed by atoms with Gasteiger partial charge in [0.25, 0.3) is 11.5 Å². The van der Waals surface area contributed by atoms with Gasteiger partial charge in [0, 0.05) is 31.5 Å². The van der Waals surface area contributed by atoms with Crippen LogP contribution in [0.15, 0.2) is 47.5 Å². The Labute approximate surface area is 152 Å². The van der Waals surface area contributed by atoms with E-state index in [9.17, 15) is 14.9 Å². The Hall–Kier alpha value is -3.44. The molecule has 2 heterocycles. The molecule has 3 aromatic rings. The summed E-state index contributed by atoms with van der Waals surface area (Å²) in [6.07, 6.45) is 5.10. The van der Waals surface area contributed by atoms with Gasteiger partial charge in [0.15, 0.2) is 5.57 Å². The number of thiazole rings is 1. The fraction of sp³-hybridized carbons (Fsp3) is 0.111. The van der Waals surface area contributed by atoms with Crippen molar-refractivity contribution in [2.75, 3.05) is 5.32 Å². The summed E-state index contributed by atoms with van der Waals surface area (Å²) in [6.45, 7) is 0. The van der Waals surface area contributed by atoms with Gasteiger partial charge in [0.1, 0.15) is 10.7 Å². The van der Waals surface area contributed by atoms with Crippen molar-refractivity contribution in [3.05, 3.63) is 67.8 Å². The van der Waals surface area contributed by atoms with Gasteiger partial charge in [0.05, 0.1) is 10.7 Å². The van der Waals surface area contributed by atoms with E-state index >= 15 is 0 Å². The highest BCUT2D eigenvalue weighted by atomic mass is 32.1. The molecule has 2 aromatic heterocycles. The minimum atomic E-state index is -0.552. The van der Waals surface area contributed by atoms with Crippen LogP contribution in [0, 0.1) is 11.3 Å². The SMILES string of the molecule is Cn1cc(/C=c2/s/c(=C(\C#N)C(=O)Nc3ccccc3)n(C)c2=O)cn1. The summed E-state index contributed by atoms with van der Waals surface area (Å²) in [5, 5.41) is 16.2. The molecule has 1 amide bonds. The molecule has 3 rings (SSSR count). The first-order valence-electron chi connectivity index (χ1n) is 7.66. The number of nitriles is 1. The molecule has 8 heteroatoms. The molecule has 1 N–H and O–H groups in total. The van der Waals surface area contributed by atoms with Gasteiger partial charge >= 0.3 is 0 Å². The number of aryl methyl sites for hydroxylation is 1. The molecule has 1 aromatic carbocycles. The van der Waals surface area contributed by atoms with Crippen molar-refractivity contribution in [1.82, 2.24) is 14.3 Å². The summed E-state index contributed by atoms with van der Waals surface area (Å²) >= 11 is 1.10. The predicted octanol–water partition coefficient (Wildman–Crippen LogP) is 0.322. The van der Waals surface area contributed by atoms with Gasteiger partial charge in [-0.2, -0.15) is 10.4 Å². The number of nitrogens with zero attached hydrogens (tertiary/aromatic N) is 4. The number of carbonyl (C=O) groups is 1. The number of aromatic nitrogens is 3. The third-order valence-electron chi connectivity index (χ3n) is 3.63. The Balaban J connectivity index is 2.10. The molecule has 0 radical (unpaired) electrons. The minimum absolute atomic E-state index is 0.107. The second kappa shape index (κ2) is 7.21. The van der Waals surface area contributed by atoms with E-state index in [-0.39, 0.29) is 11.1 Å². The van der Waals surface area contributed by atoms with E-state index in [1.807, 2.05) is 12.1 Å². The van der Waals surface area contributed by atoms with Crippen LogP contribution >= 0.6 is 11.3 Å². The molecular formula is C18H15N5O2S. The molecule has 0 fully saturated rings. The van der Waals surface area contributed by atoms with Gasteiger partial charge in [0.2, 0.25) is 0 Å². The topological polar surface area (TPSA) is 92.7 Å². The third-order valence-corrected chi connectivity index (χ3v) is 4.82. The zero-order valence-electron chi connectivity index (χ0n) is 14.1. The molecule has 0 bridgehead atoms. The van der Waals surface area contributed by atoms with Crippen molar-refractivity contribution >= 4 is 34.6 Å². The van der Waals surface area contributed by atoms with Crippen LogP contribution in [0.4, 0.5) is 5.69 Å². The van der Waals surface area contributed by atoms with Gasteiger partial charge in [-0.25, -0.2) is 0 Å².